The number of rotatable bonds is 3. The summed E-state index contributed by atoms with van der Waals surface area (Å²) in [4.78, 5) is 15.1. The summed E-state index contributed by atoms with van der Waals surface area (Å²) < 4.78 is 0.510. The van der Waals surface area contributed by atoms with Gasteiger partial charge in [-0.15, -0.1) is 0 Å². The summed E-state index contributed by atoms with van der Waals surface area (Å²) in [6.07, 6.45) is 0.427. The van der Waals surface area contributed by atoms with Crippen LogP contribution in [-0.4, -0.2) is 9.91 Å². The van der Waals surface area contributed by atoms with Crippen LogP contribution in [0.2, 0.25) is 15.1 Å². The SMILES string of the molecule is CC(C)Cc1nc2c(Cl)c(Cl)c(Br)cc2c(Cl)c1[N+](=O)[O-]. The highest BCUT2D eigenvalue weighted by Gasteiger charge is 2.26. The van der Waals surface area contributed by atoms with Gasteiger partial charge in [0.2, 0.25) is 0 Å². The molecule has 0 saturated heterocycles. The van der Waals surface area contributed by atoms with E-state index in [2.05, 4.69) is 20.9 Å². The molecule has 0 unspecified atom stereocenters. The molecule has 1 aromatic carbocycles. The Balaban J connectivity index is 2.91. The Kier molecular flexibility index (Phi) is 4.98. The van der Waals surface area contributed by atoms with Crippen molar-refractivity contribution in [3.63, 3.8) is 0 Å². The lowest BCUT2D eigenvalue weighted by Crippen LogP contribution is -2.04. The smallest absolute Gasteiger partial charge is 0.258 e. The fourth-order valence-corrected chi connectivity index (χ4v) is 3.27. The van der Waals surface area contributed by atoms with E-state index >= 15 is 0 Å². The van der Waals surface area contributed by atoms with E-state index in [1.807, 2.05) is 13.8 Å². The number of benzene rings is 1. The molecule has 0 bridgehead atoms. The van der Waals surface area contributed by atoms with Crippen LogP contribution >= 0.6 is 50.7 Å². The van der Waals surface area contributed by atoms with E-state index in [4.69, 9.17) is 34.8 Å². The fraction of sp³-hybridized carbons (Fsp3) is 0.308. The third kappa shape index (κ3) is 3.11. The van der Waals surface area contributed by atoms with Crippen molar-refractivity contribution in [1.29, 1.82) is 0 Å². The van der Waals surface area contributed by atoms with Gasteiger partial charge in [0.1, 0.15) is 10.7 Å². The van der Waals surface area contributed by atoms with Gasteiger partial charge in [-0.25, -0.2) is 4.98 Å². The van der Waals surface area contributed by atoms with E-state index in [-0.39, 0.29) is 21.7 Å². The molecule has 0 N–H and O–H groups in total. The quantitative estimate of drug-likeness (QED) is 0.350. The van der Waals surface area contributed by atoms with Crippen molar-refractivity contribution in [3.8, 4) is 0 Å². The third-order valence-electron chi connectivity index (χ3n) is 2.89. The molecule has 0 aliphatic rings. The molecule has 21 heavy (non-hydrogen) atoms. The second kappa shape index (κ2) is 6.24. The molecule has 0 amide bonds. The predicted octanol–water partition coefficient (Wildman–Crippen LogP) is 6.06. The zero-order valence-corrected chi connectivity index (χ0v) is 14.9. The molecule has 0 radical (unpaired) electrons. The lowest BCUT2D eigenvalue weighted by Gasteiger charge is -2.11. The van der Waals surface area contributed by atoms with Gasteiger partial charge in [0.05, 0.1) is 20.5 Å². The molecule has 112 valence electrons. The first-order valence-electron chi connectivity index (χ1n) is 6.04. The first-order valence-corrected chi connectivity index (χ1v) is 7.96. The van der Waals surface area contributed by atoms with Crippen molar-refractivity contribution >= 4 is 67.3 Å². The van der Waals surface area contributed by atoms with Crippen LogP contribution in [0, 0.1) is 16.0 Å². The highest BCUT2D eigenvalue weighted by molar-refractivity contribution is 9.10. The Bertz CT molecular complexity index is 750. The maximum atomic E-state index is 11.3. The number of fused-ring (bicyclic) bond motifs is 1. The molecular formula is C13H10BrCl3N2O2. The van der Waals surface area contributed by atoms with Crippen LogP contribution in [0.3, 0.4) is 0 Å². The number of hydrogen-bond acceptors (Lipinski definition) is 3. The Labute approximate surface area is 144 Å². The van der Waals surface area contributed by atoms with Crippen LogP contribution in [0.25, 0.3) is 10.9 Å². The topological polar surface area (TPSA) is 56.0 Å². The van der Waals surface area contributed by atoms with Gasteiger partial charge in [-0.2, -0.15) is 0 Å². The molecule has 0 fully saturated rings. The van der Waals surface area contributed by atoms with E-state index in [0.717, 1.165) is 0 Å². The molecule has 2 aromatic rings. The molecule has 0 spiro atoms. The van der Waals surface area contributed by atoms with Gasteiger partial charge in [-0.3, -0.25) is 10.1 Å². The Morgan fingerprint density at radius 3 is 2.43 bits per heavy atom. The molecule has 1 aromatic heterocycles. The normalized spacial score (nSPS) is 11.4. The summed E-state index contributed by atoms with van der Waals surface area (Å²) >= 11 is 21.7. The van der Waals surface area contributed by atoms with E-state index in [1.54, 1.807) is 6.07 Å². The zero-order valence-electron chi connectivity index (χ0n) is 11.1. The lowest BCUT2D eigenvalue weighted by molar-refractivity contribution is -0.385. The van der Waals surface area contributed by atoms with Crippen molar-refractivity contribution in [3.05, 3.63) is 41.4 Å². The largest absolute Gasteiger partial charge is 0.309 e. The Hall–Kier alpha value is -0.620. The van der Waals surface area contributed by atoms with Crippen LogP contribution in [0.1, 0.15) is 19.5 Å². The standard InChI is InChI=1S/C13H10BrCl3N2O2/c1-5(2)3-8-13(19(20)21)9(15)6-4-7(14)10(16)11(17)12(6)18-8/h4-5H,3H2,1-2H3. The summed E-state index contributed by atoms with van der Waals surface area (Å²) in [6, 6.07) is 1.59. The Morgan fingerprint density at radius 1 is 1.29 bits per heavy atom. The van der Waals surface area contributed by atoms with Gasteiger partial charge in [-0.1, -0.05) is 48.7 Å². The van der Waals surface area contributed by atoms with Crippen LogP contribution in [0.4, 0.5) is 5.69 Å². The highest BCUT2D eigenvalue weighted by Crippen LogP contribution is 2.42. The molecule has 1 heterocycles. The molecule has 2 rings (SSSR count). The van der Waals surface area contributed by atoms with Crippen molar-refractivity contribution < 1.29 is 4.92 Å². The lowest BCUT2D eigenvalue weighted by atomic mass is 10.0. The summed E-state index contributed by atoms with van der Waals surface area (Å²) in [5.74, 6) is 0.189. The molecule has 0 aliphatic carbocycles. The van der Waals surface area contributed by atoms with Crippen LogP contribution in [-0.2, 0) is 6.42 Å². The van der Waals surface area contributed by atoms with Crippen LogP contribution in [0.5, 0.6) is 0 Å². The maximum Gasteiger partial charge on any atom is 0.309 e. The average Bonchev–Trinajstić information content (AvgIpc) is 2.37. The van der Waals surface area contributed by atoms with E-state index < -0.39 is 4.92 Å². The molecule has 0 atom stereocenters. The second-order valence-electron chi connectivity index (χ2n) is 4.96. The van der Waals surface area contributed by atoms with Crippen molar-refractivity contribution in [2.24, 2.45) is 5.92 Å². The number of pyridine rings is 1. The van der Waals surface area contributed by atoms with Crippen LogP contribution < -0.4 is 0 Å². The van der Waals surface area contributed by atoms with Gasteiger partial charge in [0.15, 0.2) is 0 Å². The first-order chi connectivity index (χ1) is 9.73. The van der Waals surface area contributed by atoms with Crippen molar-refractivity contribution in [1.82, 2.24) is 4.98 Å². The second-order valence-corrected chi connectivity index (χ2v) is 6.95. The van der Waals surface area contributed by atoms with E-state index in [0.29, 0.717) is 32.5 Å². The molecule has 8 heteroatoms. The fourth-order valence-electron chi connectivity index (χ4n) is 2.02. The number of hydrogen-bond donors (Lipinski definition) is 0. The summed E-state index contributed by atoms with van der Waals surface area (Å²) in [7, 11) is 0. The molecule has 4 nitrogen and oxygen atoms in total. The minimum Gasteiger partial charge on any atom is -0.258 e. The molecule has 0 saturated carbocycles. The predicted molar refractivity (Wildman–Crippen MR) is 89.7 cm³/mol. The van der Waals surface area contributed by atoms with Gasteiger partial charge in [-0.05, 0) is 34.3 Å². The molecule has 0 aliphatic heterocycles. The summed E-state index contributed by atoms with van der Waals surface area (Å²) in [5, 5.41) is 12.3. The minimum atomic E-state index is -0.511. The average molecular weight is 412 g/mol. The van der Waals surface area contributed by atoms with Gasteiger partial charge < -0.3 is 0 Å². The van der Waals surface area contributed by atoms with E-state index in [9.17, 15) is 10.1 Å². The minimum absolute atomic E-state index is 0.0277. The van der Waals surface area contributed by atoms with Crippen molar-refractivity contribution in [2.75, 3.05) is 0 Å². The van der Waals surface area contributed by atoms with E-state index in [1.165, 1.54) is 0 Å². The number of aromatic nitrogens is 1. The monoisotopic (exact) mass is 410 g/mol. The summed E-state index contributed by atoms with van der Waals surface area (Å²) in [5.41, 5.74) is 0.507. The third-order valence-corrected chi connectivity index (χ3v) is 4.98. The van der Waals surface area contributed by atoms with Crippen molar-refractivity contribution in [2.45, 2.75) is 20.3 Å². The molecular weight excluding hydrogens is 402 g/mol. The zero-order chi connectivity index (χ0) is 15.9. The number of nitrogens with zero attached hydrogens (tertiary/aromatic N) is 2. The van der Waals surface area contributed by atoms with Crippen LogP contribution in [0.15, 0.2) is 10.5 Å². The summed E-state index contributed by atoms with van der Waals surface area (Å²) in [6.45, 7) is 3.89. The Morgan fingerprint density at radius 2 is 1.90 bits per heavy atom. The van der Waals surface area contributed by atoms with Gasteiger partial charge >= 0.3 is 5.69 Å². The maximum absolute atomic E-state index is 11.3. The van der Waals surface area contributed by atoms with Gasteiger partial charge in [0.25, 0.3) is 0 Å². The number of nitro groups is 1. The highest BCUT2D eigenvalue weighted by atomic mass is 79.9. The number of halogens is 4. The van der Waals surface area contributed by atoms with Gasteiger partial charge in [0, 0.05) is 9.86 Å². The first kappa shape index (κ1) is 16.7.